The Bertz CT molecular complexity index is 613. The van der Waals surface area contributed by atoms with Gasteiger partial charge in [-0.2, -0.15) is 9.97 Å². The Morgan fingerprint density at radius 2 is 2.12 bits per heavy atom. The minimum Gasteiger partial charge on any atom is -0.378 e. The van der Waals surface area contributed by atoms with Gasteiger partial charge in [0.25, 0.3) is 0 Å². The fraction of sp³-hybridized carbons (Fsp3) is 0.733. The third kappa shape index (κ3) is 4.07. The number of nitrogens with one attached hydrogen (secondary N) is 1. The van der Waals surface area contributed by atoms with Gasteiger partial charge in [0.1, 0.15) is 0 Å². The number of hydrogen-bond acceptors (Lipinski definition) is 9. The van der Waals surface area contributed by atoms with Crippen LogP contribution >= 0.6 is 0 Å². The number of nitro groups is 1. The molecule has 1 aromatic rings. The third-order valence-corrected chi connectivity index (χ3v) is 4.71. The van der Waals surface area contributed by atoms with E-state index >= 15 is 0 Å². The van der Waals surface area contributed by atoms with Crippen LogP contribution in [0.5, 0.6) is 0 Å². The molecule has 0 bridgehead atoms. The van der Waals surface area contributed by atoms with Crippen molar-refractivity contribution in [3.63, 3.8) is 0 Å². The summed E-state index contributed by atoms with van der Waals surface area (Å²) < 4.78 is 5.56. The van der Waals surface area contributed by atoms with Crippen molar-refractivity contribution >= 4 is 23.3 Å². The molecular formula is C15H25N7O3. The fourth-order valence-corrected chi connectivity index (χ4v) is 3.22. The highest BCUT2D eigenvalue weighted by Crippen LogP contribution is 2.32. The molecule has 0 amide bonds. The van der Waals surface area contributed by atoms with E-state index in [-0.39, 0.29) is 17.6 Å². The van der Waals surface area contributed by atoms with Gasteiger partial charge in [0, 0.05) is 39.3 Å². The number of ether oxygens (including phenoxy) is 1. The highest BCUT2D eigenvalue weighted by Gasteiger charge is 2.29. The molecule has 0 radical (unpaired) electrons. The van der Waals surface area contributed by atoms with Gasteiger partial charge in [-0.3, -0.25) is 10.1 Å². The third-order valence-electron chi connectivity index (χ3n) is 4.71. The van der Waals surface area contributed by atoms with Crippen LogP contribution in [-0.2, 0) is 4.74 Å². The number of piperazine rings is 1. The van der Waals surface area contributed by atoms with Crippen molar-refractivity contribution in [2.75, 3.05) is 61.8 Å². The lowest BCUT2D eigenvalue weighted by Gasteiger charge is -2.34. The Morgan fingerprint density at radius 3 is 2.72 bits per heavy atom. The molecule has 1 aromatic heterocycles. The Labute approximate surface area is 146 Å². The van der Waals surface area contributed by atoms with E-state index in [0.717, 1.165) is 39.1 Å². The van der Waals surface area contributed by atoms with Crippen LogP contribution in [0.25, 0.3) is 0 Å². The average molecular weight is 351 g/mol. The van der Waals surface area contributed by atoms with Crippen molar-refractivity contribution < 1.29 is 9.66 Å². The zero-order valence-corrected chi connectivity index (χ0v) is 14.5. The maximum atomic E-state index is 11.5. The smallest absolute Gasteiger partial charge is 0.353 e. The van der Waals surface area contributed by atoms with E-state index in [0.29, 0.717) is 31.4 Å². The van der Waals surface area contributed by atoms with Crippen LogP contribution in [0.1, 0.15) is 19.8 Å². The molecule has 0 spiro atoms. The van der Waals surface area contributed by atoms with E-state index in [4.69, 9.17) is 10.5 Å². The second-order valence-corrected chi connectivity index (χ2v) is 6.30. The average Bonchev–Trinajstić information content (AvgIpc) is 3.12. The summed E-state index contributed by atoms with van der Waals surface area (Å²) in [5.41, 5.74) is 5.65. The van der Waals surface area contributed by atoms with Gasteiger partial charge in [-0.1, -0.05) is 6.92 Å². The van der Waals surface area contributed by atoms with Gasteiger partial charge in [0.2, 0.25) is 17.6 Å². The number of nitrogens with zero attached hydrogens (tertiary/aromatic N) is 5. The molecule has 2 aliphatic heterocycles. The monoisotopic (exact) mass is 351 g/mol. The highest BCUT2D eigenvalue weighted by molar-refractivity contribution is 5.71. The van der Waals surface area contributed by atoms with Gasteiger partial charge >= 0.3 is 5.69 Å². The number of aromatic nitrogens is 2. The molecule has 138 valence electrons. The molecule has 0 aromatic carbocycles. The van der Waals surface area contributed by atoms with Gasteiger partial charge in [-0.05, 0) is 19.4 Å². The van der Waals surface area contributed by atoms with Crippen LogP contribution in [-0.4, -0.2) is 71.8 Å². The summed E-state index contributed by atoms with van der Waals surface area (Å²) in [4.78, 5) is 23.6. The molecule has 2 aliphatic rings. The molecule has 10 heteroatoms. The van der Waals surface area contributed by atoms with Crippen molar-refractivity contribution in [1.82, 2.24) is 14.9 Å². The maximum absolute atomic E-state index is 11.5. The minimum atomic E-state index is -0.499. The summed E-state index contributed by atoms with van der Waals surface area (Å²) in [6.07, 6.45) is 2.15. The fourth-order valence-electron chi connectivity index (χ4n) is 3.22. The molecule has 2 saturated heterocycles. The molecule has 0 saturated carbocycles. The first-order valence-electron chi connectivity index (χ1n) is 8.73. The van der Waals surface area contributed by atoms with Crippen LogP contribution < -0.4 is 16.0 Å². The SMILES string of the molecule is CCN1CCN(c2nc(NC[C@H]3CCCO3)nc(N)c2[N+](=O)[O-])CC1. The lowest BCUT2D eigenvalue weighted by atomic mass is 10.2. The zero-order chi connectivity index (χ0) is 17.8. The van der Waals surface area contributed by atoms with E-state index in [1.165, 1.54) is 0 Å². The molecule has 0 aliphatic carbocycles. The lowest BCUT2D eigenvalue weighted by molar-refractivity contribution is -0.383. The first-order chi connectivity index (χ1) is 12.1. The first-order valence-corrected chi connectivity index (χ1v) is 8.73. The number of rotatable bonds is 6. The summed E-state index contributed by atoms with van der Waals surface area (Å²) in [6, 6.07) is 0. The van der Waals surface area contributed by atoms with Crippen molar-refractivity contribution in [2.24, 2.45) is 0 Å². The van der Waals surface area contributed by atoms with Crippen LogP contribution in [0.15, 0.2) is 0 Å². The number of likely N-dealkylation sites (N-methyl/N-ethyl adjacent to an activating group) is 1. The molecule has 3 N–H and O–H groups in total. The summed E-state index contributed by atoms with van der Waals surface area (Å²) in [5, 5.41) is 14.6. The van der Waals surface area contributed by atoms with Gasteiger partial charge in [0.05, 0.1) is 11.0 Å². The van der Waals surface area contributed by atoms with Gasteiger partial charge in [-0.15, -0.1) is 0 Å². The number of nitrogens with two attached hydrogens (primary N) is 1. The predicted molar refractivity (Wildman–Crippen MR) is 94.9 cm³/mol. The molecule has 3 rings (SSSR count). The van der Waals surface area contributed by atoms with Gasteiger partial charge in [0.15, 0.2) is 0 Å². The Morgan fingerprint density at radius 1 is 1.36 bits per heavy atom. The Kier molecular flexibility index (Phi) is 5.49. The molecular weight excluding hydrogens is 326 g/mol. The highest BCUT2D eigenvalue weighted by atomic mass is 16.6. The van der Waals surface area contributed by atoms with Crippen molar-refractivity contribution in [1.29, 1.82) is 0 Å². The van der Waals surface area contributed by atoms with Crippen molar-refractivity contribution in [2.45, 2.75) is 25.9 Å². The summed E-state index contributed by atoms with van der Waals surface area (Å²) in [7, 11) is 0. The van der Waals surface area contributed by atoms with Gasteiger partial charge < -0.3 is 25.6 Å². The first kappa shape index (κ1) is 17.6. The van der Waals surface area contributed by atoms with Gasteiger partial charge in [-0.25, -0.2) is 0 Å². The number of hydrogen-bond donors (Lipinski definition) is 2. The largest absolute Gasteiger partial charge is 0.378 e. The van der Waals surface area contributed by atoms with Crippen LogP contribution in [0.2, 0.25) is 0 Å². The molecule has 25 heavy (non-hydrogen) atoms. The molecule has 3 heterocycles. The van der Waals surface area contributed by atoms with Crippen molar-refractivity contribution in [3.8, 4) is 0 Å². The van der Waals surface area contributed by atoms with E-state index in [1.54, 1.807) is 0 Å². The number of anilines is 3. The quantitative estimate of drug-likeness (QED) is 0.563. The maximum Gasteiger partial charge on any atom is 0.353 e. The predicted octanol–water partition coefficient (Wildman–Crippen LogP) is 0.700. The molecule has 1 atom stereocenters. The Balaban J connectivity index is 1.79. The topological polar surface area (TPSA) is 123 Å². The van der Waals surface area contributed by atoms with E-state index in [9.17, 15) is 10.1 Å². The Hall–Kier alpha value is -2.20. The normalized spacial score (nSPS) is 21.5. The summed E-state index contributed by atoms with van der Waals surface area (Å²) >= 11 is 0. The summed E-state index contributed by atoms with van der Waals surface area (Å²) in [5.74, 6) is 0.498. The van der Waals surface area contributed by atoms with Crippen LogP contribution in [0.3, 0.4) is 0 Å². The van der Waals surface area contributed by atoms with Crippen LogP contribution in [0.4, 0.5) is 23.3 Å². The van der Waals surface area contributed by atoms with Crippen LogP contribution in [0, 0.1) is 10.1 Å². The molecule has 0 unspecified atom stereocenters. The van der Waals surface area contributed by atoms with E-state index < -0.39 is 4.92 Å². The summed E-state index contributed by atoms with van der Waals surface area (Å²) in [6.45, 7) is 7.45. The second kappa shape index (κ2) is 7.79. The zero-order valence-electron chi connectivity index (χ0n) is 14.5. The standard InChI is InChI=1S/C15H25N7O3/c1-2-20-5-7-21(8-6-20)14-12(22(23)24)13(16)18-15(19-14)17-10-11-4-3-9-25-11/h11H,2-10H2,1H3,(H3,16,17,18,19)/t11-/m1/s1. The minimum absolute atomic E-state index is 0.109. The second-order valence-electron chi connectivity index (χ2n) is 6.30. The molecule has 2 fully saturated rings. The van der Waals surface area contributed by atoms with E-state index in [1.807, 2.05) is 4.90 Å². The van der Waals surface area contributed by atoms with Crippen molar-refractivity contribution in [3.05, 3.63) is 10.1 Å². The number of nitrogen functional groups attached to an aromatic ring is 1. The van der Waals surface area contributed by atoms with E-state index in [2.05, 4.69) is 27.1 Å². The molecule has 10 nitrogen and oxygen atoms in total. The lowest BCUT2D eigenvalue weighted by Crippen LogP contribution is -2.46.